The van der Waals surface area contributed by atoms with Gasteiger partial charge in [0.05, 0.1) is 0 Å². The van der Waals surface area contributed by atoms with Crippen molar-refractivity contribution in [3.05, 3.63) is 65.2 Å². The van der Waals surface area contributed by atoms with Crippen LogP contribution in [-0.4, -0.2) is 46.5 Å². The van der Waals surface area contributed by atoms with Crippen LogP contribution in [0, 0.1) is 6.92 Å². The van der Waals surface area contributed by atoms with E-state index in [4.69, 9.17) is 0 Å². The summed E-state index contributed by atoms with van der Waals surface area (Å²) in [7, 11) is 0. The lowest BCUT2D eigenvalue weighted by atomic mass is 10.0. The van der Waals surface area contributed by atoms with Crippen molar-refractivity contribution in [3.63, 3.8) is 0 Å². The zero-order chi connectivity index (χ0) is 19.7. The van der Waals surface area contributed by atoms with E-state index in [1.165, 1.54) is 11.1 Å². The van der Waals surface area contributed by atoms with Crippen molar-refractivity contribution in [1.29, 1.82) is 0 Å². The highest BCUT2D eigenvalue weighted by molar-refractivity contribution is 5.97. The van der Waals surface area contributed by atoms with Crippen molar-refractivity contribution in [3.8, 4) is 5.75 Å². The number of hydrogen-bond donors (Lipinski definition) is 3. The van der Waals surface area contributed by atoms with Crippen molar-refractivity contribution in [2.24, 2.45) is 0 Å². The van der Waals surface area contributed by atoms with Crippen molar-refractivity contribution in [2.45, 2.75) is 44.4 Å². The molecule has 0 spiro atoms. The van der Waals surface area contributed by atoms with Gasteiger partial charge in [-0.15, -0.1) is 0 Å². The van der Waals surface area contributed by atoms with E-state index in [1.54, 1.807) is 29.2 Å². The molecule has 2 saturated heterocycles. The molecular weight excluding hydrogens is 354 g/mol. The minimum Gasteiger partial charge on any atom is -0.508 e. The summed E-state index contributed by atoms with van der Waals surface area (Å²) in [4.78, 5) is 27.2. The van der Waals surface area contributed by atoms with Crippen molar-refractivity contribution >= 4 is 11.8 Å². The normalized spacial score (nSPS) is 24.2. The number of phenols is 1. The number of amides is 2. The SMILES string of the molecule is Cc1cccc(CN[C@H]2C[C@H]3C(=O)N[C@H](Cc4ccc(O)cc4)C(=O)N3C2)c1. The number of aromatic hydroxyl groups is 1. The number of fused-ring (bicyclic) bond motifs is 1. The van der Waals surface area contributed by atoms with Crippen LogP contribution in [0.2, 0.25) is 0 Å². The summed E-state index contributed by atoms with van der Waals surface area (Å²) in [6.07, 6.45) is 1.06. The number of carbonyl (C=O) groups is 2. The van der Waals surface area contributed by atoms with E-state index in [0.29, 0.717) is 19.4 Å². The van der Waals surface area contributed by atoms with Crippen LogP contribution in [-0.2, 0) is 22.6 Å². The molecule has 2 fully saturated rings. The summed E-state index contributed by atoms with van der Waals surface area (Å²) in [6, 6.07) is 14.2. The number of aryl methyl sites for hydroxylation is 1. The molecule has 3 N–H and O–H groups in total. The first kappa shape index (κ1) is 18.5. The number of nitrogens with one attached hydrogen (secondary N) is 2. The van der Waals surface area contributed by atoms with Crippen LogP contribution in [0.4, 0.5) is 0 Å². The average Bonchev–Trinajstić information content (AvgIpc) is 3.11. The van der Waals surface area contributed by atoms with Gasteiger partial charge < -0.3 is 20.6 Å². The van der Waals surface area contributed by atoms with Gasteiger partial charge in [0, 0.05) is 25.6 Å². The third-order valence-electron chi connectivity index (χ3n) is 5.55. The van der Waals surface area contributed by atoms with Gasteiger partial charge in [0.1, 0.15) is 17.8 Å². The number of nitrogens with zero attached hydrogens (tertiary/aromatic N) is 1. The number of piperazine rings is 1. The van der Waals surface area contributed by atoms with Gasteiger partial charge in [-0.1, -0.05) is 42.0 Å². The minimum absolute atomic E-state index is 0.0301. The van der Waals surface area contributed by atoms with E-state index in [2.05, 4.69) is 35.8 Å². The lowest BCUT2D eigenvalue weighted by Crippen LogP contribution is -2.61. The second-order valence-electron chi connectivity index (χ2n) is 7.74. The number of rotatable bonds is 5. The van der Waals surface area contributed by atoms with E-state index in [1.807, 2.05) is 6.07 Å². The van der Waals surface area contributed by atoms with Crippen LogP contribution in [0.1, 0.15) is 23.1 Å². The highest BCUT2D eigenvalue weighted by Gasteiger charge is 2.46. The minimum atomic E-state index is -0.552. The van der Waals surface area contributed by atoms with Gasteiger partial charge in [-0.25, -0.2) is 0 Å². The third-order valence-corrected chi connectivity index (χ3v) is 5.55. The predicted molar refractivity (Wildman–Crippen MR) is 106 cm³/mol. The summed E-state index contributed by atoms with van der Waals surface area (Å²) in [5, 5.41) is 15.8. The number of phenolic OH excluding ortho intramolecular Hbond substituents is 1. The summed E-state index contributed by atoms with van der Waals surface area (Å²) >= 11 is 0. The molecule has 2 aliphatic rings. The molecule has 2 aliphatic heterocycles. The largest absolute Gasteiger partial charge is 0.508 e. The first-order valence-electron chi connectivity index (χ1n) is 9.67. The fourth-order valence-electron chi connectivity index (χ4n) is 4.10. The standard InChI is InChI=1S/C22H25N3O3/c1-14-3-2-4-16(9-14)12-23-17-11-20-21(27)24-19(22(28)25(20)13-17)10-15-5-7-18(26)8-6-15/h2-9,17,19-20,23,26H,10-13H2,1H3,(H,24,27)/t17-,19+,20-/m0/s1. The topological polar surface area (TPSA) is 81.7 Å². The molecule has 0 radical (unpaired) electrons. The van der Waals surface area contributed by atoms with E-state index in [-0.39, 0.29) is 23.6 Å². The lowest BCUT2D eigenvalue weighted by molar-refractivity contribution is -0.147. The molecule has 2 aromatic carbocycles. The quantitative estimate of drug-likeness (QED) is 0.735. The molecule has 6 heteroatoms. The molecule has 0 saturated carbocycles. The van der Waals surface area contributed by atoms with Gasteiger partial charge in [-0.3, -0.25) is 9.59 Å². The molecule has 2 aromatic rings. The van der Waals surface area contributed by atoms with Crippen molar-refractivity contribution < 1.29 is 14.7 Å². The van der Waals surface area contributed by atoms with Gasteiger partial charge in [0.25, 0.3) is 0 Å². The van der Waals surface area contributed by atoms with Crippen LogP contribution < -0.4 is 10.6 Å². The monoisotopic (exact) mass is 379 g/mol. The molecule has 3 atom stereocenters. The van der Waals surface area contributed by atoms with Crippen LogP contribution >= 0.6 is 0 Å². The van der Waals surface area contributed by atoms with Crippen molar-refractivity contribution in [1.82, 2.24) is 15.5 Å². The molecule has 0 aromatic heterocycles. The zero-order valence-corrected chi connectivity index (χ0v) is 15.9. The Labute approximate surface area is 164 Å². The Kier molecular flexibility index (Phi) is 5.05. The summed E-state index contributed by atoms with van der Waals surface area (Å²) < 4.78 is 0. The van der Waals surface area contributed by atoms with Gasteiger partial charge in [0.2, 0.25) is 11.8 Å². The van der Waals surface area contributed by atoms with Gasteiger partial charge in [0.15, 0.2) is 0 Å². The average molecular weight is 379 g/mol. The Bertz CT molecular complexity index is 881. The van der Waals surface area contributed by atoms with Crippen LogP contribution in [0.25, 0.3) is 0 Å². The molecular formula is C22H25N3O3. The number of hydrogen-bond acceptors (Lipinski definition) is 4. The Morgan fingerprint density at radius 2 is 1.93 bits per heavy atom. The maximum Gasteiger partial charge on any atom is 0.246 e. The Morgan fingerprint density at radius 3 is 2.68 bits per heavy atom. The molecule has 2 heterocycles. The molecule has 146 valence electrons. The lowest BCUT2D eigenvalue weighted by Gasteiger charge is -2.34. The van der Waals surface area contributed by atoms with Crippen LogP contribution in [0.15, 0.2) is 48.5 Å². The molecule has 28 heavy (non-hydrogen) atoms. The van der Waals surface area contributed by atoms with Crippen molar-refractivity contribution in [2.75, 3.05) is 6.54 Å². The molecule has 2 amide bonds. The highest BCUT2D eigenvalue weighted by atomic mass is 16.3. The first-order chi connectivity index (χ1) is 13.5. The Morgan fingerprint density at radius 1 is 1.14 bits per heavy atom. The van der Waals surface area contributed by atoms with E-state index >= 15 is 0 Å². The molecule has 4 rings (SSSR count). The molecule has 6 nitrogen and oxygen atoms in total. The second-order valence-corrected chi connectivity index (χ2v) is 7.74. The van der Waals surface area contributed by atoms with Crippen LogP contribution in [0.3, 0.4) is 0 Å². The summed E-state index contributed by atoms with van der Waals surface area (Å²) in [5.41, 5.74) is 3.32. The van der Waals surface area contributed by atoms with Gasteiger partial charge >= 0.3 is 0 Å². The maximum atomic E-state index is 12.9. The fraction of sp³-hybridized carbons (Fsp3) is 0.364. The Hall–Kier alpha value is -2.86. The van der Waals surface area contributed by atoms with E-state index in [9.17, 15) is 14.7 Å². The third kappa shape index (κ3) is 3.87. The molecule has 0 unspecified atom stereocenters. The molecule has 0 bridgehead atoms. The first-order valence-corrected chi connectivity index (χ1v) is 9.67. The maximum absolute atomic E-state index is 12.9. The smallest absolute Gasteiger partial charge is 0.246 e. The summed E-state index contributed by atoms with van der Waals surface area (Å²) in [6.45, 7) is 3.34. The second kappa shape index (κ2) is 7.64. The number of benzene rings is 2. The zero-order valence-electron chi connectivity index (χ0n) is 15.9. The predicted octanol–water partition coefficient (Wildman–Crippen LogP) is 1.50. The van der Waals surface area contributed by atoms with E-state index < -0.39 is 12.1 Å². The Balaban J connectivity index is 1.39. The van der Waals surface area contributed by atoms with Crippen LogP contribution in [0.5, 0.6) is 5.75 Å². The van der Waals surface area contributed by atoms with E-state index in [0.717, 1.165) is 12.1 Å². The van der Waals surface area contributed by atoms with Gasteiger partial charge in [-0.2, -0.15) is 0 Å². The fourth-order valence-corrected chi connectivity index (χ4v) is 4.10. The molecule has 0 aliphatic carbocycles. The number of carbonyl (C=O) groups excluding carboxylic acids is 2. The van der Waals surface area contributed by atoms with Gasteiger partial charge in [-0.05, 0) is 36.6 Å². The highest BCUT2D eigenvalue weighted by Crippen LogP contribution is 2.24. The summed E-state index contributed by atoms with van der Waals surface area (Å²) in [5.74, 6) is 0.0747.